The van der Waals surface area contributed by atoms with Gasteiger partial charge in [-0.15, -0.1) is 10.2 Å². The summed E-state index contributed by atoms with van der Waals surface area (Å²) in [5.74, 6) is 1.78. The maximum Gasteiger partial charge on any atom is 0.268 e. The van der Waals surface area contributed by atoms with Crippen molar-refractivity contribution in [3.05, 3.63) is 63.7 Å². The van der Waals surface area contributed by atoms with E-state index < -0.39 is 5.91 Å². The van der Waals surface area contributed by atoms with E-state index >= 15 is 0 Å². The summed E-state index contributed by atoms with van der Waals surface area (Å²) < 4.78 is 17.5. The zero-order valence-electron chi connectivity index (χ0n) is 21.8. The van der Waals surface area contributed by atoms with Crippen molar-refractivity contribution in [3.8, 4) is 23.3 Å². The van der Waals surface area contributed by atoms with Gasteiger partial charge in [0, 0.05) is 6.42 Å². The Kier molecular flexibility index (Phi) is 10.0. The van der Waals surface area contributed by atoms with Crippen LogP contribution in [0.1, 0.15) is 42.5 Å². The summed E-state index contributed by atoms with van der Waals surface area (Å²) in [4.78, 5) is 12.7. The molecule has 1 amide bonds. The molecule has 0 saturated heterocycles. The summed E-state index contributed by atoms with van der Waals surface area (Å²) in [7, 11) is 0. The van der Waals surface area contributed by atoms with E-state index in [1.165, 1.54) is 23.0 Å². The molecular weight excluding hydrogens is 488 g/mol. The summed E-state index contributed by atoms with van der Waals surface area (Å²) in [6.45, 7) is 11.2. The highest BCUT2D eigenvalue weighted by Crippen LogP contribution is 2.30. The van der Waals surface area contributed by atoms with Crippen LogP contribution in [0.15, 0.2) is 42.0 Å². The van der Waals surface area contributed by atoms with E-state index in [1.807, 2.05) is 39.0 Å². The number of amides is 1. The van der Waals surface area contributed by atoms with Gasteiger partial charge in [-0.3, -0.25) is 10.1 Å². The molecule has 0 saturated carbocycles. The fourth-order valence-corrected chi connectivity index (χ4v) is 4.43. The Bertz CT molecular complexity index is 1290. The molecule has 0 aliphatic heterocycles. The quantitative estimate of drug-likeness (QED) is 0.184. The fraction of sp³-hybridized carbons (Fsp3) is 0.357. The SMILES string of the molecule is CCOc1cc(C=C(C#N)C(=O)Nc2nnc(CC(C)C)s2)ccc1OCCOc1ccc(C)cc1C. The molecule has 0 aliphatic carbocycles. The first-order chi connectivity index (χ1) is 17.8. The first-order valence-corrected chi connectivity index (χ1v) is 13.0. The van der Waals surface area contributed by atoms with Crippen molar-refractivity contribution in [1.29, 1.82) is 5.26 Å². The molecule has 0 unspecified atom stereocenters. The number of nitrogens with zero attached hydrogens (tertiary/aromatic N) is 3. The molecular formula is C28H32N4O4S. The minimum atomic E-state index is -0.545. The third-order valence-electron chi connectivity index (χ3n) is 5.14. The van der Waals surface area contributed by atoms with Crippen LogP contribution >= 0.6 is 11.3 Å². The predicted octanol–water partition coefficient (Wildman–Crippen LogP) is 5.76. The van der Waals surface area contributed by atoms with Crippen molar-refractivity contribution < 1.29 is 19.0 Å². The molecule has 3 aromatic rings. The fourth-order valence-electron chi connectivity index (χ4n) is 3.48. The molecule has 0 fully saturated rings. The normalized spacial score (nSPS) is 11.2. The van der Waals surface area contributed by atoms with E-state index in [1.54, 1.807) is 18.2 Å². The van der Waals surface area contributed by atoms with Gasteiger partial charge in [0.1, 0.15) is 35.6 Å². The van der Waals surface area contributed by atoms with Crippen LogP contribution in [-0.4, -0.2) is 35.9 Å². The summed E-state index contributed by atoms with van der Waals surface area (Å²) in [5, 5.41) is 21.5. The molecule has 1 aromatic heterocycles. The topological polar surface area (TPSA) is 106 Å². The average Bonchev–Trinajstić information content (AvgIpc) is 3.28. The maximum absolute atomic E-state index is 12.7. The predicted molar refractivity (Wildman–Crippen MR) is 145 cm³/mol. The van der Waals surface area contributed by atoms with Crippen molar-refractivity contribution in [1.82, 2.24) is 10.2 Å². The van der Waals surface area contributed by atoms with Crippen LogP contribution in [0.25, 0.3) is 6.08 Å². The molecule has 37 heavy (non-hydrogen) atoms. The van der Waals surface area contributed by atoms with Crippen molar-refractivity contribution in [3.63, 3.8) is 0 Å². The number of nitriles is 1. The monoisotopic (exact) mass is 520 g/mol. The number of aryl methyl sites for hydroxylation is 2. The molecule has 1 heterocycles. The molecule has 0 radical (unpaired) electrons. The first kappa shape index (κ1) is 27.7. The lowest BCUT2D eigenvalue weighted by Crippen LogP contribution is -2.13. The lowest BCUT2D eigenvalue weighted by atomic mass is 10.1. The zero-order valence-corrected chi connectivity index (χ0v) is 22.6. The largest absolute Gasteiger partial charge is 0.490 e. The van der Waals surface area contributed by atoms with Gasteiger partial charge in [-0.2, -0.15) is 5.26 Å². The molecule has 0 spiro atoms. The summed E-state index contributed by atoms with van der Waals surface area (Å²) in [5.41, 5.74) is 2.83. The van der Waals surface area contributed by atoms with Crippen molar-refractivity contribution in [2.75, 3.05) is 25.1 Å². The summed E-state index contributed by atoms with van der Waals surface area (Å²) in [6, 6.07) is 13.2. The van der Waals surface area contributed by atoms with Crippen LogP contribution in [-0.2, 0) is 11.2 Å². The van der Waals surface area contributed by atoms with Crippen LogP contribution in [0.5, 0.6) is 17.2 Å². The Morgan fingerprint density at radius 3 is 2.46 bits per heavy atom. The number of aromatic nitrogens is 2. The van der Waals surface area contributed by atoms with Gasteiger partial charge in [0.15, 0.2) is 11.5 Å². The maximum atomic E-state index is 12.7. The molecule has 0 bridgehead atoms. The van der Waals surface area contributed by atoms with Gasteiger partial charge < -0.3 is 14.2 Å². The molecule has 194 valence electrons. The molecule has 1 N–H and O–H groups in total. The van der Waals surface area contributed by atoms with E-state index in [0.717, 1.165) is 22.7 Å². The smallest absolute Gasteiger partial charge is 0.268 e. The van der Waals surface area contributed by atoms with E-state index in [0.29, 0.717) is 47.9 Å². The van der Waals surface area contributed by atoms with Crippen molar-refractivity contribution in [2.45, 2.75) is 41.0 Å². The van der Waals surface area contributed by atoms with E-state index in [4.69, 9.17) is 14.2 Å². The minimum Gasteiger partial charge on any atom is -0.490 e. The van der Waals surface area contributed by atoms with Crippen LogP contribution in [0.2, 0.25) is 0 Å². The van der Waals surface area contributed by atoms with Gasteiger partial charge in [-0.1, -0.05) is 48.9 Å². The van der Waals surface area contributed by atoms with Crippen molar-refractivity contribution >= 4 is 28.5 Å². The van der Waals surface area contributed by atoms with Crippen LogP contribution < -0.4 is 19.5 Å². The van der Waals surface area contributed by atoms with E-state index in [9.17, 15) is 10.1 Å². The van der Waals surface area contributed by atoms with E-state index in [2.05, 4.69) is 35.4 Å². The number of anilines is 1. The summed E-state index contributed by atoms with van der Waals surface area (Å²) in [6.07, 6.45) is 2.28. The number of nitrogens with one attached hydrogen (secondary N) is 1. The second kappa shape index (κ2) is 13.4. The summed E-state index contributed by atoms with van der Waals surface area (Å²) >= 11 is 1.31. The second-order valence-corrected chi connectivity index (χ2v) is 9.89. The van der Waals surface area contributed by atoms with Gasteiger partial charge in [0.2, 0.25) is 5.13 Å². The molecule has 9 heteroatoms. The molecule has 3 rings (SSSR count). The lowest BCUT2D eigenvalue weighted by molar-refractivity contribution is -0.112. The number of hydrogen-bond acceptors (Lipinski definition) is 8. The Labute approximate surface area is 221 Å². The average molecular weight is 521 g/mol. The molecule has 8 nitrogen and oxygen atoms in total. The highest BCUT2D eigenvalue weighted by Gasteiger charge is 2.14. The Balaban J connectivity index is 1.65. The number of rotatable bonds is 12. The molecule has 2 aromatic carbocycles. The number of carbonyl (C=O) groups is 1. The Morgan fingerprint density at radius 2 is 1.78 bits per heavy atom. The molecule has 0 atom stereocenters. The second-order valence-electron chi connectivity index (χ2n) is 8.83. The lowest BCUT2D eigenvalue weighted by Gasteiger charge is -2.14. The van der Waals surface area contributed by atoms with Gasteiger partial charge >= 0.3 is 0 Å². The van der Waals surface area contributed by atoms with Crippen LogP contribution in [0.3, 0.4) is 0 Å². The van der Waals surface area contributed by atoms with Gasteiger partial charge in [-0.25, -0.2) is 0 Å². The number of benzene rings is 2. The number of carbonyl (C=O) groups excluding carboxylic acids is 1. The Morgan fingerprint density at radius 1 is 1.05 bits per heavy atom. The minimum absolute atomic E-state index is 0.0569. The first-order valence-electron chi connectivity index (χ1n) is 12.1. The number of hydrogen-bond donors (Lipinski definition) is 1. The Hall–Kier alpha value is -3.90. The van der Waals surface area contributed by atoms with E-state index in [-0.39, 0.29) is 5.57 Å². The molecule has 0 aliphatic rings. The third-order valence-corrected chi connectivity index (χ3v) is 6.00. The van der Waals surface area contributed by atoms with Gasteiger partial charge in [-0.05, 0) is 62.1 Å². The zero-order chi connectivity index (χ0) is 26.8. The van der Waals surface area contributed by atoms with Crippen LogP contribution in [0.4, 0.5) is 5.13 Å². The standard InChI is InChI=1S/C28H32N4O4S/c1-6-34-25-16-21(8-10-24(25)36-12-11-35-23-9-7-19(4)14-20(23)5)15-22(17-29)27(33)30-28-32-31-26(37-28)13-18(2)3/h7-10,14-16,18H,6,11-13H2,1-5H3,(H,30,32,33). The highest BCUT2D eigenvalue weighted by molar-refractivity contribution is 7.15. The van der Waals surface area contributed by atoms with Gasteiger partial charge in [0.25, 0.3) is 5.91 Å². The third kappa shape index (κ3) is 8.33. The highest BCUT2D eigenvalue weighted by atomic mass is 32.1. The van der Waals surface area contributed by atoms with Gasteiger partial charge in [0.05, 0.1) is 6.61 Å². The van der Waals surface area contributed by atoms with Crippen molar-refractivity contribution in [2.24, 2.45) is 5.92 Å². The number of ether oxygens (including phenoxy) is 3. The van der Waals surface area contributed by atoms with Crippen LogP contribution in [0, 0.1) is 31.1 Å².